The molecule has 0 bridgehead atoms. The van der Waals surface area contributed by atoms with E-state index in [1.54, 1.807) is 24.0 Å². The number of carbonyl (C=O) groups excluding carboxylic acids is 2. The van der Waals surface area contributed by atoms with Gasteiger partial charge in [0.1, 0.15) is 0 Å². The molecule has 3 aromatic carbocycles. The first-order chi connectivity index (χ1) is 16.5. The minimum absolute atomic E-state index is 0.00938. The standard InChI is InChI=1S/C27H25ClN4O2/c1-17(33)32(24-11-8-19-4-2-3-5-20(19)15-24)26-16-25(30-31-26)21-13-23(14-21)29-27(34)12-18-6-9-22(28)10-7-18/h2-11,15-16,21,23H,12-14H2,1H3,(H,29,34)(H,30,31). The van der Waals surface area contributed by atoms with Gasteiger partial charge in [-0.05, 0) is 53.4 Å². The maximum atomic E-state index is 12.5. The molecule has 0 saturated heterocycles. The zero-order chi connectivity index (χ0) is 23.7. The van der Waals surface area contributed by atoms with Crippen LogP contribution in [0, 0.1) is 0 Å². The van der Waals surface area contributed by atoms with Crippen molar-refractivity contribution in [2.45, 2.75) is 38.1 Å². The summed E-state index contributed by atoms with van der Waals surface area (Å²) in [6, 6.07) is 23.4. The highest BCUT2D eigenvalue weighted by atomic mass is 35.5. The quantitative estimate of drug-likeness (QED) is 0.388. The van der Waals surface area contributed by atoms with Gasteiger partial charge >= 0.3 is 0 Å². The Morgan fingerprint density at radius 3 is 2.50 bits per heavy atom. The van der Waals surface area contributed by atoms with Crippen LogP contribution in [-0.4, -0.2) is 28.1 Å². The Kier molecular flexibility index (Phi) is 6.07. The summed E-state index contributed by atoms with van der Waals surface area (Å²) in [7, 11) is 0. The van der Waals surface area contributed by atoms with Crippen LogP contribution in [0.4, 0.5) is 11.5 Å². The van der Waals surface area contributed by atoms with Gasteiger partial charge in [-0.1, -0.05) is 54.1 Å². The van der Waals surface area contributed by atoms with Crippen molar-refractivity contribution >= 4 is 45.7 Å². The van der Waals surface area contributed by atoms with Gasteiger partial charge in [0.15, 0.2) is 5.82 Å². The monoisotopic (exact) mass is 472 g/mol. The lowest BCUT2D eigenvalue weighted by atomic mass is 9.78. The molecule has 2 N–H and O–H groups in total. The average molecular weight is 473 g/mol. The molecule has 5 rings (SSSR count). The third-order valence-corrected chi connectivity index (χ3v) is 6.59. The van der Waals surface area contributed by atoms with Gasteiger partial charge in [0, 0.05) is 35.7 Å². The van der Waals surface area contributed by atoms with Crippen LogP contribution in [0.3, 0.4) is 0 Å². The van der Waals surface area contributed by atoms with Crippen molar-refractivity contribution in [3.05, 3.63) is 89.1 Å². The summed E-state index contributed by atoms with van der Waals surface area (Å²) in [6.07, 6.45) is 2.01. The number of hydrogen-bond acceptors (Lipinski definition) is 3. The number of aromatic amines is 1. The number of aromatic nitrogens is 2. The van der Waals surface area contributed by atoms with Crippen LogP contribution in [-0.2, 0) is 16.0 Å². The SMILES string of the molecule is CC(=O)N(c1ccc2ccccc2c1)c1cc(C2CC(NC(=O)Cc3ccc(Cl)cc3)C2)[nH]n1. The predicted molar refractivity (Wildman–Crippen MR) is 134 cm³/mol. The molecule has 0 radical (unpaired) electrons. The van der Waals surface area contributed by atoms with E-state index < -0.39 is 0 Å². The number of nitrogens with zero attached hydrogens (tertiary/aromatic N) is 2. The topological polar surface area (TPSA) is 78.1 Å². The lowest BCUT2D eigenvalue weighted by molar-refractivity contribution is -0.121. The number of hydrogen-bond donors (Lipinski definition) is 2. The van der Waals surface area contributed by atoms with Crippen LogP contribution in [0.1, 0.15) is 36.9 Å². The van der Waals surface area contributed by atoms with E-state index in [1.165, 1.54) is 0 Å². The van der Waals surface area contributed by atoms with Crippen molar-refractivity contribution in [3.63, 3.8) is 0 Å². The number of H-pyrrole nitrogens is 1. The van der Waals surface area contributed by atoms with Gasteiger partial charge in [-0.2, -0.15) is 5.10 Å². The summed E-state index contributed by atoms with van der Waals surface area (Å²) in [5, 5.41) is 13.5. The highest BCUT2D eigenvalue weighted by molar-refractivity contribution is 6.30. The van der Waals surface area contributed by atoms with Crippen molar-refractivity contribution in [1.29, 1.82) is 0 Å². The number of halogens is 1. The van der Waals surface area contributed by atoms with Gasteiger partial charge in [0.05, 0.1) is 12.1 Å². The molecule has 7 heteroatoms. The zero-order valence-electron chi connectivity index (χ0n) is 18.8. The number of carbonyl (C=O) groups is 2. The largest absolute Gasteiger partial charge is 0.353 e. The molecule has 6 nitrogen and oxygen atoms in total. The van der Waals surface area contributed by atoms with E-state index in [0.29, 0.717) is 17.3 Å². The fraction of sp³-hybridized carbons (Fsp3) is 0.222. The summed E-state index contributed by atoms with van der Waals surface area (Å²) >= 11 is 5.90. The van der Waals surface area contributed by atoms with Gasteiger partial charge in [0.25, 0.3) is 0 Å². The Morgan fingerprint density at radius 1 is 1.03 bits per heavy atom. The van der Waals surface area contributed by atoms with Crippen molar-refractivity contribution in [2.75, 3.05) is 4.90 Å². The van der Waals surface area contributed by atoms with Gasteiger partial charge in [-0.3, -0.25) is 19.6 Å². The summed E-state index contributed by atoms with van der Waals surface area (Å²) in [4.78, 5) is 26.5. The van der Waals surface area contributed by atoms with Crippen LogP contribution in [0.25, 0.3) is 10.8 Å². The second-order valence-electron chi connectivity index (χ2n) is 8.80. The Labute approximate surface area is 202 Å². The van der Waals surface area contributed by atoms with E-state index in [1.807, 2.05) is 60.7 Å². The fourth-order valence-corrected chi connectivity index (χ4v) is 4.62. The van der Waals surface area contributed by atoms with E-state index in [0.717, 1.165) is 40.6 Å². The molecular formula is C27H25ClN4O2. The molecule has 1 heterocycles. The number of rotatable bonds is 6. The predicted octanol–water partition coefficient (Wildman–Crippen LogP) is 5.51. The summed E-state index contributed by atoms with van der Waals surface area (Å²) in [5.74, 6) is 0.755. The molecule has 1 aliphatic carbocycles. The first-order valence-corrected chi connectivity index (χ1v) is 11.7. The maximum Gasteiger partial charge on any atom is 0.229 e. The number of anilines is 2. The molecule has 0 spiro atoms. The Morgan fingerprint density at radius 2 is 1.76 bits per heavy atom. The molecule has 0 aliphatic heterocycles. The van der Waals surface area contributed by atoms with Gasteiger partial charge in [0.2, 0.25) is 11.8 Å². The van der Waals surface area contributed by atoms with Crippen LogP contribution >= 0.6 is 11.6 Å². The minimum Gasteiger partial charge on any atom is -0.353 e. The second-order valence-corrected chi connectivity index (χ2v) is 9.24. The summed E-state index contributed by atoms with van der Waals surface area (Å²) in [5.41, 5.74) is 2.70. The average Bonchev–Trinajstić information content (AvgIpc) is 3.26. The smallest absolute Gasteiger partial charge is 0.229 e. The Hall–Kier alpha value is -3.64. The first kappa shape index (κ1) is 22.2. The van der Waals surface area contributed by atoms with E-state index in [4.69, 9.17) is 11.6 Å². The van der Waals surface area contributed by atoms with Gasteiger partial charge < -0.3 is 5.32 Å². The minimum atomic E-state index is -0.103. The Bertz CT molecular complexity index is 1340. The van der Waals surface area contributed by atoms with Crippen LogP contribution in [0.15, 0.2) is 72.8 Å². The van der Waals surface area contributed by atoms with Crippen molar-refractivity contribution in [2.24, 2.45) is 0 Å². The van der Waals surface area contributed by atoms with Crippen molar-refractivity contribution in [3.8, 4) is 0 Å². The van der Waals surface area contributed by atoms with Crippen LogP contribution in [0.5, 0.6) is 0 Å². The molecule has 4 aromatic rings. The highest BCUT2D eigenvalue weighted by Crippen LogP contribution is 2.38. The van der Waals surface area contributed by atoms with Crippen LogP contribution in [0.2, 0.25) is 5.02 Å². The molecule has 0 unspecified atom stereocenters. The molecule has 1 aromatic heterocycles. The molecule has 172 valence electrons. The highest BCUT2D eigenvalue weighted by Gasteiger charge is 2.33. The third kappa shape index (κ3) is 4.68. The summed E-state index contributed by atoms with van der Waals surface area (Å²) in [6.45, 7) is 1.54. The van der Waals surface area contributed by atoms with E-state index >= 15 is 0 Å². The lowest BCUT2D eigenvalue weighted by Crippen LogP contribution is -2.44. The zero-order valence-corrected chi connectivity index (χ0v) is 19.5. The number of nitrogens with one attached hydrogen (secondary N) is 2. The summed E-state index contributed by atoms with van der Waals surface area (Å²) < 4.78 is 0. The normalized spacial score (nSPS) is 17.2. The van der Waals surface area contributed by atoms with E-state index in [9.17, 15) is 9.59 Å². The number of benzene rings is 3. The molecule has 0 atom stereocenters. The number of amides is 2. The van der Waals surface area contributed by atoms with E-state index in [-0.39, 0.29) is 23.8 Å². The van der Waals surface area contributed by atoms with Crippen molar-refractivity contribution in [1.82, 2.24) is 15.5 Å². The molecular weight excluding hydrogens is 448 g/mol. The van der Waals surface area contributed by atoms with Crippen molar-refractivity contribution < 1.29 is 9.59 Å². The third-order valence-electron chi connectivity index (χ3n) is 6.34. The van der Waals surface area contributed by atoms with Crippen LogP contribution < -0.4 is 10.2 Å². The Balaban J connectivity index is 1.22. The second kappa shape index (κ2) is 9.31. The molecule has 1 fully saturated rings. The first-order valence-electron chi connectivity index (χ1n) is 11.3. The molecule has 2 amide bonds. The molecule has 34 heavy (non-hydrogen) atoms. The fourth-order valence-electron chi connectivity index (χ4n) is 4.50. The van der Waals surface area contributed by atoms with E-state index in [2.05, 4.69) is 15.5 Å². The maximum absolute atomic E-state index is 12.5. The molecule has 1 aliphatic rings. The van der Waals surface area contributed by atoms with Gasteiger partial charge in [-0.15, -0.1) is 0 Å². The van der Waals surface area contributed by atoms with Gasteiger partial charge in [-0.25, -0.2) is 0 Å². The molecule has 1 saturated carbocycles. The number of fused-ring (bicyclic) bond motifs is 1. The lowest BCUT2D eigenvalue weighted by Gasteiger charge is -2.35.